The SMILES string of the molecule is CC(C)c1csc(C=Cc2cccc(NC(=O)c3cc(OCCNC(=O)OC(C)(C)C)cc(C(=O)O)c3)c2)n1. The number of carboxylic acids is 1. The Hall–Kier alpha value is -4.18. The molecule has 0 bridgehead atoms. The van der Waals surface area contributed by atoms with Crippen LogP contribution in [0.1, 0.15) is 77.5 Å². The number of rotatable bonds is 10. The van der Waals surface area contributed by atoms with Crippen molar-refractivity contribution in [2.75, 3.05) is 18.5 Å². The fourth-order valence-electron chi connectivity index (χ4n) is 3.31. The topological polar surface area (TPSA) is 127 Å². The monoisotopic (exact) mass is 551 g/mol. The third-order valence-corrected chi connectivity index (χ3v) is 5.98. The van der Waals surface area contributed by atoms with Crippen molar-refractivity contribution in [1.29, 1.82) is 0 Å². The van der Waals surface area contributed by atoms with Gasteiger partial charge in [-0.15, -0.1) is 11.3 Å². The third-order valence-electron chi connectivity index (χ3n) is 5.15. The van der Waals surface area contributed by atoms with Gasteiger partial charge in [-0.2, -0.15) is 0 Å². The van der Waals surface area contributed by atoms with Crippen molar-refractivity contribution < 1.29 is 29.0 Å². The number of aromatic carboxylic acids is 1. The molecule has 0 aliphatic carbocycles. The molecule has 3 N–H and O–H groups in total. The largest absolute Gasteiger partial charge is 0.492 e. The molecule has 206 valence electrons. The zero-order chi connectivity index (χ0) is 28.6. The Labute approximate surface area is 231 Å². The molecule has 0 radical (unpaired) electrons. The van der Waals surface area contributed by atoms with Crippen LogP contribution in [0.25, 0.3) is 12.2 Å². The minimum atomic E-state index is -1.20. The maximum atomic E-state index is 13.0. The number of thiazole rings is 1. The molecular weight excluding hydrogens is 518 g/mol. The van der Waals surface area contributed by atoms with Gasteiger partial charge in [-0.1, -0.05) is 32.1 Å². The quantitative estimate of drug-likeness (QED) is 0.253. The van der Waals surface area contributed by atoms with Crippen molar-refractivity contribution in [2.24, 2.45) is 0 Å². The highest BCUT2D eigenvalue weighted by atomic mass is 32.1. The van der Waals surface area contributed by atoms with E-state index >= 15 is 0 Å². The molecule has 9 nitrogen and oxygen atoms in total. The van der Waals surface area contributed by atoms with Crippen molar-refractivity contribution >= 4 is 47.1 Å². The van der Waals surface area contributed by atoms with E-state index in [2.05, 4.69) is 29.5 Å². The fraction of sp³-hybridized carbons (Fsp3) is 0.310. The van der Waals surface area contributed by atoms with E-state index in [1.165, 1.54) is 18.2 Å². The number of anilines is 1. The Kier molecular flexibility index (Phi) is 9.84. The number of nitrogens with zero attached hydrogens (tertiary/aromatic N) is 1. The molecule has 0 saturated heterocycles. The van der Waals surface area contributed by atoms with Crippen molar-refractivity contribution in [2.45, 2.75) is 46.1 Å². The normalized spacial score (nSPS) is 11.4. The molecule has 0 spiro atoms. The summed E-state index contributed by atoms with van der Waals surface area (Å²) >= 11 is 1.57. The second kappa shape index (κ2) is 13.1. The number of hydrogen-bond acceptors (Lipinski definition) is 7. The van der Waals surface area contributed by atoms with E-state index < -0.39 is 23.6 Å². The molecule has 0 atom stereocenters. The highest BCUT2D eigenvalue weighted by molar-refractivity contribution is 7.10. The number of carbonyl (C=O) groups excluding carboxylic acids is 2. The summed E-state index contributed by atoms with van der Waals surface area (Å²) in [5, 5.41) is 17.8. The van der Waals surface area contributed by atoms with Gasteiger partial charge >= 0.3 is 12.1 Å². The molecule has 3 rings (SSSR count). The van der Waals surface area contributed by atoms with Gasteiger partial charge in [0.15, 0.2) is 0 Å². The summed E-state index contributed by atoms with van der Waals surface area (Å²) in [6.07, 6.45) is 3.25. The molecule has 2 amide bonds. The van der Waals surface area contributed by atoms with Gasteiger partial charge in [-0.3, -0.25) is 4.79 Å². The van der Waals surface area contributed by atoms with E-state index in [9.17, 15) is 19.5 Å². The van der Waals surface area contributed by atoms with Crippen molar-refractivity contribution in [3.05, 3.63) is 75.2 Å². The van der Waals surface area contributed by atoms with E-state index in [1.54, 1.807) is 38.2 Å². The molecule has 1 heterocycles. The Balaban J connectivity index is 1.66. The highest BCUT2D eigenvalue weighted by Gasteiger charge is 2.16. The van der Waals surface area contributed by atoms with E-state index in [-0.39, 0.29) is 30.0 Å². The summed E-state index contributed by atoms with van der Waals surface area (Å²) in [5.74, 6) is -1.14. The number of ether oxygens (including phenoxy) is 2. The van der Waals surface area contributed by atoms with Crippen LogP contribution in [0.3, 0.4) is 0 Å². The second-order valence-corrected chi connectivity index (χ2v) is 10.9. The number of benzene rings is 2. The lowest BCUT2D eigenvalue weighted by molar-refractivity contribution is 0.0519. The molecule has 10 heteroatoms. The van der Waals surface area contributed by atoms with E-state index in [1.807, 2.05) is 35.7 Å². The van der Waals surface area contributed by atoms with Gasteiger partial charge in [0, 0.05) is 16.6 Å². The summed E-state index contributed by atoms with van der Waals surface area (Å²) in [6.45, 7) is 9.64. The first-order valence-electron chi connectivity index (χ1n) is 12.4. The van der Waals surface area contributed by atoms with Gasteiger partial charge < -0.3 is 25.2 Å². The molecule has 0 saturated carbocycles. The van der Waals surface area contributed by atoms with Crippen LogP contribution in [0.5, 0.6) is 5.75 Å². The minimum absolute atomic E-state index is 0.0511. The van der Waals surface area contributed by atoms with Crippen LogP contribution in [0.2, 0.25) is 0 Å². The maximum absolute atomic E-state index is 13.0. The number of aromatic nitrogens is 1. The summed E-state index contributed by atoms with van der Waals surface area (Å²) in [7, 11) is 0. The van der Waals surface area contributed by atoms with Gasteiger partial charge in [-0.25, -0.2) is 14.6 Å². The lowest BCUT2D eigenvalue weighted by Crippen LogP contribution is -2.34. The van der Waals surface area contributed by atoms with E-state index in [0.29, 0.717) is 11.6 Å². The first-order valence-corrected chi connectivity index (χ1v) is 13.3. The van der Waals surface area contributed by atoms with Gasteiger partial charge in [0.1, 0.15) is 23.0 Å². The van der Waals surface area contributed by atoms with Crippen LogP contribution in [0.4, 0.5) is 10.5 Å². The average Bonchev–Trinajstić information content (AvgIpc) is 3.34. The fourth-order valence-corrected chi connectivity index (χ4v) is 4.18. The minimum Gasteiger partial charge on any atom is -0.492 e. The molecule has 3 aromatic rings. The summed E-state index contributed by atoms with van der Waals surface area (Å²) < 4.78 is 10.8. The van der Waals surface area contributed by atoms with Crippen LogP contribution in [0.15, 0.2) is 47.8 Å². The Morgan fingerprint density at radius 1 is 1.08 bits per heavy atom. The van der Waals surface area contributed by atoms with Crippen LogP contribution < -0.4 is 15.4 Å². The molecule has 1 aromatic heterocycles. The predicted molar refractivity (Wildman–Crippen MR) is 153 cm³/mol. The highest BCUT2D eigenvalue weighted by Crippen LogP contribution is 2.22. The number of amides is 2. The zero-order valence-corrected chi connectivity index (χ0v) is 23.4. The molecular formula is C29H33N3O6S. The Morgan fingerprint density at radius 3 is 2.49 bits per heavy atom. The van der Waals surface area contributed by atoms with Crippen LogP contribution in [0, 0.1) is 0 Å². The molecule has 0 aliphatic rings. The van der Waals surface area contributed by atoms with Crippen molar-refractivity contribution in [3.8, 4) is 5.75 Å². The predicted octanol–water partition coefficient (Wildman–Crippen LogP) is 6.29. The Bertz CT molecular complexity index is 1360. The second-order valence-electron chi connectivity index (χ2n) is 10.0. The van der Waals surface area contributed by atoms with Gasteiger partial charge in [0.25, 0.3) is 5.91 Å². The lowest BCUT2D eigenvalue weighted by atomic mass is 10.1. The molecule has 0 aliphatic heterocycles. The molecule has 0 unspecified atom stereocenters. The van der Waals surface area contributed by atoms with Crippen LogP contribution in [-0.4, -0.2) is 46.8 Å². The lowest BCUT2D eigenvalue weighted by Gasteiger charge is -2.19. The maximum Gasteiger partial charge on any atom is 0.407 e. The van der Waals surface area contributed by atoms with Crippen LogP contribution in [-0.2, 0) is 4.74 Å². The van der Waals surface area contributed by atoms with Gasteiger partial charge in [0.05, 0.1) is 17.8 Å². The van der Waals surface area contributed by atoms with E-state index in [0.717, 1.165) is 16.3 Å². The van der Waals surface area contributed by atoms with Crippen molar-refractivity contribution in [1.82, 2.24) is 10.3 Å². The van der Waals surface area contributed by atoms with Crippen LogP contribution >= 0.6 is 11.3 Å². The number of alkyl carbamates (subject to hydrolysis) is 1. The standard InChI is InChI=1S/C29H33N3O6S/c1-18(2)24-17-39-25(32-24)10-9-19-7-6-8-22(13-19)31-26(33)20-14-21(27(34)35)16-23(15-20)37-12-11-30-28(36)38-29(3,4)5/h6-10,13-18H,11-12H2,1-5H3,(H,30,36)(H,31,33)(H,34,35). The molecule has 0 fully saturated rings. The zero-order valence-electron chi connectivity index (χ0n) is 22.6. The summed E-state index contributed by atoms with van der Waals surface area (Å²) in [6, 6.07) is 11.3. The number of nitrogens with one attached hydrogen (secondary N) is 2. The number of hydrogen-bond donors (Lipinski definition) is 3. The summed E-state index contributed by atoms with van der Waals surface area (Å²) in [5.41, 5.74) is 1.86. The Morgan fingerprint density at radius 2 is 1.82 bits per heavy atom. The molecule has 2 aromatic carbocycles. The smallest absolute Gasteiger partial charge is 0.407 e. The first kappa shape index (κ1) is 29.4. The number of carboxylic acid groups (broad SMARTS) is 1. The van der Waals surface area contributed by atoms with E-state index in [4.69, 9.17) is 9.47 Å². The van der Waals surface area contributed by atoms with Crippen molar-refractivity contribution in [3.63, 3.8) is 0 Å². The molecule has 39 heavy (non-hydrogen) atoms. The first-order chi connectivity index (χ1) is 18.4. The third kappa shape index (κ3) is 9.57. The van der Waals surface area contributed by atoms with Gasteiger partial charge in [-0.05, 0) is 68.7 Å². The summed E-state index contributed by atoms with van der Waals surface area (Å²) in [4.78, 5) is 41.0. The van der Waals surface area contributed by atoms with Gasteiger partial charge in [0.2, 0.25) is 0 Å². The number of carbonyl (C=O) groups is 3. The average molecular weight is 552 g/mol.